The highest BCUT2D eigenvalue weighted by atomic mass is 79.9. The molecule has 0 bridgehead atoms. The second-order valence-corrected chi connectivity index (χ2v) is 10.1. The molecule has 0 amide bonds. The van der Waals surface area contributed by atoms with Crippen LogP contribution in [0.15, 0.2) is 32.6 Å². The highest BCUT2D eigenvalue weighted by molar-refractivity contribution is 9.10. The van der Waals surface area contributed by atoms with Gasteiger partial charge in [0.2, 0.25) is 10.0 Å². The summed E-state index contributed by atoms with van der Waals surface area (Å²) >= 11 is 4.82. The van der Waals surface area contributed by atoms with Crippen molar-refractivity contribution in [2.24, 2.45) is 0 Å². The number of hydrogen-bond donors (Lipinski definition) is 0. The molecular formula is C16H22BrN3O3S2. The lowest BCUT2D eigenvalue weighted by Crippen LogP contribution is -2.25. The molecule has 0 saturated heterocycles. The van der Waals surface area contributed by atoms with Gasteiger partial charge >= 0.3 is 0 Å². The Hall–Kier alpha value is -0.900. The van der Waals surface area contributed by atoms with Gasteiger partial charge < -0.3 is 0 Å². The van der Waals surface area contributed by atoms with Crippen molar-refractivity contribution < 1.29 is 8.42 Å². The monoisotopic (exact) mass is 447 g/mol. The number of aromatic nitrogens is 2. The molecule has 0 fully saturated rings. The maximum Gasteiger partial charge on any atom is 0.262 e. The normalized spacial score (nSPS) is 12.2. The molecule has 6 nitrogen and oxygen atoms in total. The highest BCUT2D eigenvalue weighted by Crippen LogP contribution is 2.21. The lowest BCUT2D eigenvalue weighted by Gasteiger charge is -2.13. The summed E-state index contributed by atoms with van der Waals surface area (Å²) in [5.74, 6) is 0.677. The molecule has 9 heteroatoms. The predicted molar refractivity (Wildman–Crippen MR) is 107 cm³/mol. The van der Waals surface area contributed by atoms with E-state index >= 15 is 0 Å². The van der Waals surface area contributed by atoms with Gasteiger partial charge in [-0.3, -0.25) is 9.36 Å². The number of halogens is 1. The van der Waals surface area contributed by atoms with Gasteiger partial charge in [-0.1, -0.05) is 34.6 Å². The zero-order valence-corrected chi connectivity index (χ0v) is 17.7. The van der Waals surface area contributed by atoms with Crippen LogP contribution in [0.1, 0.15) is 19.8 Å². The third-order valence-corrected chi connectivity index (χ3v) is 7.14. The fraction of sp³-hybridized carbons (Fsp3) is 0.500. The van der Waals surface area contributed by atoms with Crippen LogP contribution in [-0.4, -0.2) is 47.9 Å². The van der Waals surface area contributed by atoms with Gasteiger partial charge in [-0.2, -0.15) is 0 Å². The van der Waals surface area contributed by atoms with Crippen molar-refractivity contribution in [1.29, 1.82) is 0 Å². The van der Waals surface area contributed by atoms with Crippen molar-refractivity contribution in [3.8, 4) is 0 Å². The number of hydrogen-bond acceptors (Lipinski definition) is 5. The van der Waals surface area contributed by atoms with Crippen LogP contribution >= 0.6 is 27.7 Å². The molecule has 0 aliphatic heterocycles. The van der Waals surface area contributed by atoms with E-state index in [-0.39, 0.29) is 11.3 Å². The van der Waals surface area contributed by atoms with Gasteiger partial charge in [0.15, 0.2) is 5.16 Å². The Labute approximate surface area is 160 Å². The van der Waals surface area contributed by atoms with Crippen molar-refractivity contribution >= 4 is 48.6 Å². The van der Waals surface area contributed by atoms with Crippen LogP contribution in [-0.2, 0) is 16.6 Å². The van der Waals surface area contributed by atoms with Gasteiger partial charge in [-0.25, -0.2) is 17.7 Å². The Morgan fingerprint density at radius 1 is 1.32 bits per heavy atom. The zero-order valence-electron chi connectivity index (χ0n) is 14.5. The Kier molecular flexibility index (Phi) is 7.07. The van der Waals surface area contributed by atoms with Crippen LogP contribution in [0, 0.1) is 0 Å². The summed E-state index contributed by atoms with van der Waals surface area (Å²) in [5, 5.41) is 1.23. The zero-order chi connectivity index (χ0) is 18.6. The molecule has 0 spiro atoms. The van der Waals surface area contributed by atoms with E-state index in [4.69, 9.17) is 0 Å². The number of rotatable bonds is 8. The highest BCUT2D eigenvalue weighted by Gasteiger charge is 2.15. The quantitative estimate of drug-likeness (QED) is 0.353. The number of nitrogens with zero attached hydrogens (tertiary/aromatic N) is 3. The summed E-state index contributed by atoms with van der Waals surface area (Å²) in [6.07, 6.45) is 1.33. The van der Waals surface area contributed by atoms with Crippen molar-refractivity contribution in [1.82, 2.24) is 13.9 Å². The van der Waals surface area contributed by atoms with E-state index < -0.39 is 10.0 Å². The van der Waals surface area contributed by atoms with Gasteiger partial charge in [0.05, 0.1) is 16.7 Å². The smallest absolute Gasteiger partial charge is 0.262 e. The van der Waals surface area contributed by atoms with Crippen LogP contribution in [0.25, 0.3) is 10.9 Å². The van der Waals surface area contributed by atoms with Crippen LogP contribution in [0.5, 0.6) is 0 Å². The molecule has 1 heterocycles. The van der Waals surface area contributed by atoms with Crippen molar-refractivity contribution in [2.75, 3.05) is 25.6 Å². The molecule has 0 aliphatic carbocycles. The molecule has 0 saturated carbocycles. The van der Waals surface area contributed by atoms with Crippen LogP contribution < -0.4 is 5.56 Å². The maximum atomic E-state index is 12.8. The Bertz CT molecular complexity index is 911. The summed E-state index contributed by atoms with van der Waals surface area (Å²) < 4.78 is 27.4. The van der Waals surface area contributed by atoms with Gasteiger partial charge in [-0.15, -0.1) is 0 Å². The molecular weight excluding hydrogens is 426 g/mol. The van der Waals surface area contributed by atoms with E-state index in [1.807, 2.05) is 19.1 Å². The SMILES string of the molecule is CCCn1c(SCCCS(=O)(=O)N(C)C)nc2ccc(Br)cc2c1=O. The van der Waals surface area contributed by atoms with Gasteiger partial charge in [-0.05, 0) is 31.0 Å². The number of benzene rings is 1. The summed E-state index contributed by atoms with van der Waals surface area (Å²) in [6.45, 7) is 2.60. The van der Waals surface area contributed by atoms with Crippen LogP contribution in [0.2, 0.25) is 0 Å². The van der Waals surface area contributed by atoms with E-state index in [1.54, 1.807) is 10.6 Å². The average molecular weight is 448 g/mol. The second-order valence-electron chi connectivity index (χ2n) is 5.81. The van der Waals surface area contributed by atoms with Gasteiger partial charge in [0.1, 0.15) is 0 Å². The van der Waals surface area contributed by atoms with Crippen LogP contribution in [0.3, 0.4) is 0 Å². The first-order chi connectivity index (χ1) is 11.8. The summed E-state index contributed by atoms with van der Waals surface area (Å²) in [7, 11) is -0.130. The molecule has 1 aromatic heterocycles. The van der Waals surface area contributed by atoms with E-state index in [0.717, 1.165) is 10.9 Å². The average Bonchev–Trinajstić information content (AvgIpc) is 2.55. The molecule has 2 rings (SSSR count). The van der Waals surface area contributed by atoms with Crippen molar-refractivity contribution in [3.63, 3.8) is 0 Å². The van der Waals surface area contributed by atoms with E-state index in [9.17, 15) is 13.2 Å². The minimum Gasteiger partial charge on any atom is -0.287 e. The lowest BCUT2D eigenvalue weighted by atomic mass is 10.2. The van der Waals surface area contributed by atoms with Crippen molar-refractivity contribution in [3.05, 3.63) is 33.0 Å². The first kappa shape index (κ1) is 20.4. The molecule has 2 aromatic rings. The second kappa shape index (κ2) is 8.66. The maximum absolute atomic E-state index is 12.8. The topological polar surface area (TPSA) is 72.3 Å². The van der Waals surface area contributed by atoms with Crippen LogP contribution in [0.4, 0.5) is 0 Å². The summed E-state index contributed by atoms with van der Waals surface area (Å²) in [6, 6.07) is 5.46. The minimum atomic E-state index is -3.19. The first-order valence-electron chi connectivity index (χ1n) is 7.99. The third kappa shape index (κ3) is 5.06. The van der Waals surface area contributed by atoms with Gasteiger partial charge in [0.25, 0.3) is 5.56 Å². The van der Waals surface area contributed by atoms with Crippen molar-refractivity contribution in [2.45, 2.75) is 31.5 Å². The Balaban J connectivity index is 2.23. The van der Waals surface area contributed by atoms with E-state index in [0.29, 0.717) is 34.8 Å². The molecule has 0 radical (unpaired) electrons. The number of sulfonamides is 1. The Morgan fingerprint density at radius 2 is 2.04 bits per heavy atom. The molecule has 0 aliphatic rings. The molecule has 25 heavy (non-hydrogen) atoms. The summed E-state index contributed by atoms with van der Waals surface area (Å²) in [4.78, 5) is 17.4. The van der Waals surface area contributed by atoms with Gasteiger partial charge in [0, 0.05) is 30.9 Å². The standard InChI is InChI=1S/C16H22BrN3O3S2/c1-4-8-20-15(21)13-11-12(17)6-7-14(13)18-16(20)24-9-5-10-25(22,23)19(2)3/h6-7,11H,4-5,8-10H2,1-3H3. The molecule has 138 valence electrons. The molecule has 0 unspecified atom stereocenters. The molecule has 1 aromatic carbocycles. The molecule has 0 atom stereocenters. The third-order valence-electron chi connectivity index (χ3n) is 3.66. The lowest BCUT2D eigenvalue weighted by molar-refractivity contribution is 0.519. The largest absolute Gasteiger partial charge is 0.287 e. The number of fused-ring (bicyclic) bond motifs is 1. The summed E-state index contributed by atoms with van der Waals surface area (Å²) in [5.41, 5.74) is 0.598. The first-order valence-corrected chi connectivity index (χ1v) is 11.4. The van der Waals surface area contributed by atoms with E-state index in [2.05, 4.69) is 20.9 Å². The fourth-order valence-corrected chi connectivity index (χ4v) is 4.67. The molecule has 0 N–H and O–H groups in total. The fourth-order valence-electron chi connectivity index (χ4n) is 2.29. The predicted octanol–water partition coefficient (Wildman–Crippen LogP) is 2.94. The van der Waals surface area contributed by atoms with E-state index in [1.165, 1.54) is 30.2 Å². The Morgan fingerprint density at radius 3 is 2.68 bits per heavy atom. The minimum absolute atomic E-state index is 0.0587. The number of thioether (sulfide) groups is 1.